The highest BCUT2D eigenvalue weighted by atomic mass is 19.1. The molecule has 1 N–H and O–H groups in total. The van der Waals surface area contributed by atoms with Crippen molar-refractivity contribution in [3.63, 3.8) is 0 Å². The maximum absolute atomic E-state index is 13.9. The number of para-hydroxylation sites is 1. The number of methoxy groups -OCH3 is 1. The number of carbonyl (C=O) groups is 2. The zero-order valence-electron chi connectivity index (χ0n) is 18.4. The first-order valence-corrected chi connectivity index (χ1v) is 10.6. The van der Waals surface area contributed by atoms with Crippen LogP contribution >= 0.6 is 0 Å². The van der Waals surface area contributed by atoms with E-state index >= 15 is 0 Å². The van der Waals surface area contributed by atoms with Crippen molar-refractivity contribution in [2.75, 3.05) is 20.3 Å². The fourth-order valence-electron chi connectivity index (χ4n) is 3.14. The highest BCUT2D eigenvalue weighted by molar-refractivity contribution is 5.88. The van der Waals surface area contributed by atoms with Gasteiger partial charge in [0.25, 0.3) is 5.91 Å². The van der Waals surface area contributed by atoms with E-state index in [0.29, 0.717) is 18.7 Å². The summed E-state index contributed by atoms with van der Waals surface area (Å²) < 4.78 is 24.5. The van der Waals surface area contributed by atoms with Gasteiger partial charge < -0.3 is 19.7 Å². The minimum atomic E-state index is -0.657. The smallest absolute Gasteiger partial charge is 0.261 e. The first-order chi connectivity index (χ1) is 15.0. The molecule has 0 aliphatic rings. The fourth-order valence-corrected chi connectivity index (χ4v) is 3.14. The van der Waals surface area contributed by atoms with E-state index in [0.717, 1.165) is 18.4 Å². The lowest BCUT2D eigenvalue weighted by atomic mass is 10.1. The second-order valence-electron chi connectivity index (χ2n) is 7.16. The molecule has 2 rings (SSSR count). The van der Waals surface area contributed by atoms with Gasteiger partial charge in [0, 0.05) is 13.1 Å². The third-order valence-corrected chi connectivity index (χ3v) is 4.92. The average Bonchev–Trinajstić information content (AvgIpc) is 2.78. The largest absolute Gasteiger partial charge is 0.497 e. The number of carbonyl (C=O) groups excluding carboxylic acids is 2. The fraction of sp³-hybridized carbons (Fsp3) is 0.417. The predicted molar refractivity (Wildman–Crippen MR) is 117 cm³/mol. The Bertz CT molecular complexity index is 842. The van der Waals surface area contributed by atoms with Crippen LogP contribution in [0.25, 0.3) is 0 Å². The van der Waals surface area contributed by atoms with Crippen molar-refractivity contribution in [1.82, 2.24) is 10.2 Å². The molecule has 0 spiro atoms. The summed E-state index contributed by atoms with van der Waals surface area (Å²) in [4.78, 5) is 27.3. The number of unbranched alkanes of at least 4 members (excludes halogenated alkanes) is 1. The third-order valence-electron chi connectivity index (χ3n) is 4.92. The first-order valence-electron chi connectivity index (χ1n) is 10.6. The monoisotopic (exact) mass is 430 g/mol. The van der Waals surface area contributed by atoms with Gasteiger partial charge in [0.1, 0.15) is 11.8 Å². The van der Waals surface area contributed by atoms with Gasteiger partial charge in [0.05, 0.1) is 7.11 Å². The lowest BCUT2D eigenvalue weighted by Crippen LogP contribution is -2.50. The van der Waals surface area contributed by atoms with Crippen LogP contribution in [0.5, 0.6) is 11.5 Å². The predicted octanol–water partition coefficient (Wildman–Crippen LogP) is 3.94. The van der Waals surface area contributed by atoms with Crippen LogP contribution in [0, 0.1) is 5.82 Å². The second-order valence-corrected chi connectivity index (χ2v) is 7.16. The molecule has 0 saturated heterocycles. The quantitative estimate of drug-likeness (QED) is 0.518. The molecule has 0 radical (unpaired) electrons. The summed E-state index contributed by atoms with van der Waals surface area (Å²) >= 11 is 0. The number of hydrogen-bond acceptors (Lipinski definition) is 4. The van der Waals surface area contributed by atoms with Crippen molar-refractivity contribution in [3.8, 4) is 11.5 Å². The standard InChI is InChI=1S/C24H31FN2O4/c1-4-6-15-26-24(29)21(5-2)27(16-18-11-13-19(30-3)14-12-18)23(28)17-31-22-10-8-7-9-20(22)25/h7-14,21H,4-6,15-17H2,1-3H3,(H,26,29)/t21-/m0/s1. The van der Waals surface area contributed by atoms with Gasteiger partial charge in [-0.05, 0) is 42.7 Å². The van der Waals surface area contributed by atoms with Gasteiger partial charge in [-0.3, -0.25) is 9.59 Å². The number of hydrogen-bond donors (Lipinski definition) is 1. The summed E-state index contributed by atoms with van der Waals surface area (Å²) in [6.07, 6.45) is 2.27. The second kappa shape index (κ2) is 12.6. The van der Waals surface area contributed by atoms with Crippen molar-refractivity contribution in [2.24, 2.45) is 0 Å². The summed E-state index contributed by atoms with van der Waals surface area (Å²) in [5.41, 5.74) is 0.847. The molecule has 31 heavy (non-hydrogen) atoms. The Balaban J connectivity index is 2.18. The Hall–Kier alpha value is -3.09. The molecule has 7 heteroatoms. The number of ether oxygens (including phenoxy) is 2. The Kier molecular flexibility index (Phi) is 9.81. The molecule has 0 aliphatic heterocycles. The van der Waals surface area contributed by atoms with E-state index in [4.69, 9.17) is 9.47 Å². The number of amides is 2. The normalized spacial score (nSPS) is 11.5. The highest BCUT2D eigenvalue weighted by Crippen LogP contribution is 2.18. The maximum atomic E-state index is 13.9. The van der Waals surface area contributed by atoms with Crippen LogP contribution in [0.1, 0.15) is 38.7 Å². The molecule has 0 aromatic heterocycles. The maximum Gasteiger partial charge on any atom is 0.261 e. The van der Waals surface area contributed by atoms with E-state index in [1.165, 1.54) is 17.0 Å². The average molecular weight is 431 g/mol. The zero-order chi connectivity index (χ0) is 22.6. The van der Waals surface area contributed by atoms with E-state index in [1.54, 1.807) is 31.4 Å². The summed E-state index contributed by atoms with van der Waals surface area (Å²) in [5.74, 6) is -0.434. The van der Waals surface area contributed by atoms with Crippen molar-refractivity contribution in [1.29, 1.82) is 0 Å². The Labute approximate surface area is 183 Å². The summed E-state index contributed by atoms with van der Waals surface area (Å²) in [7, 11) is 1.58. The van der Waals surface area contributed by atoms with E-state index < -0.39 is 17.8 Å². The molecule has 0 unspecified atom stereocenters. The third kappa shape index (κ3) is 7.27. The molecule has 0 bridgehead atoms. The van der Waals surface area contributed by atoms with Crippen LogP contribution in [-0.2, 0) is 16.1 Å². The number of halogens is 1. The van der Waals surface area contributed by atoms with Crippen LogP contribution < -0.4 is 14.8 Å². The van der Waals surface area contributed by atoms with Crippen LogP contribution in [0.2, 0.25) is 0 Å². The van der Waals surface area contributed by atoms with E-state index in [1.807, 2.05) is 26.0 Å². The van der Waals surface area contributed by atoms with Crippen LogP contribution in [0.15, 0.2) is 48.5 Å². The number of nitrogens with one attached hydrogen (secondary N) is 1. The molecule has 0 heterocycles. The van der Waals surface area contributed by atoms with Gasteiger partial charge >= 0.3 is 0 Å². The van der Waals surface area contributed by atoms with Gasteiger partial charge in [-0.25, -0.2) is 4.39 Å². The molecule has 2 aromatic carbocycles. The van der Waals surface area contributed by atoms with Crippen LogP contribution in [0.3, 0.4) is 0 Å². The topological polar surface area (TPSA) is 67.9 Å². The number of benzene rings is 2. The van der Waals surface area contributed by atoms with Gasteiger partial charge in [0.15, 0.2) is 18.2 Å². The first kappa shape index (κ1) is 24.2. The molecule has 0 fully saturated rings. The van der Waals surface area contributed by atoms with E-state index in [-0.39, 0.29) is 24.8 Å². The van der Waals surface area contributed by atoms with Gasteiger partial charge in [0.2, 0.25) is 5.91 Å². The molecule has 1 atom stereocenters. The lowest BCUT2D eigenvalue weighted by Gasteiger charge is -2.30. The molecular formula is C24H31FN2O4. The van der Waals surface area contributed by atoms with Crippen molar-refractivity contribution in [3.05, 3.63) is 59.9 Å². The van der Waals surface area contributed by atoms with Crippen LogP contribution in [0.4, 0.5) is 4.39 Å². The number of rotatable bonds is 12. The molecular weight excluding hydrogens is 399 g/mol. The van der Waals surface area contributed by atoms with Crippen molar-refractivity contribution >= 4 is 11.8 Å². The van der Waals surface area contributed by atoms with Gasteiger partial charge in [-0.15, -0.1) is 0 Å². The Morgan fingerprint density at radius 3 is 2.42 bits per heavy atom. The molecule has 0 saturated carbocycles. The summed E-state index contributed by atoms with van der Waals surface area (Å²) in [5, 5.41) is 2.90. The lowest BCUT2D eigenvalue weighted by molar-refractivity contribution is -0.143. The summed E-state index contributed by atoms with van der Waals surface area (Å²) in [6.45, 7) is 4.32. The Morgan fingerprint density at radius 1 is 1.10 bits per heavy atom. The van der Waals surface area contributed by atoms with Crippen molar-refractivity contribution in [2.45, 2.75) is 45.7 Å². The SMILES string of the molecule is CCCCNC(=O)[C@H](CC)N(Cc1ccc(OC)cc1)C(=O)COc1ccccc1F. The van der Waals surface area contributed by atoms with E-state index in [2.05, 4.69) is 5.32 Å². The van der Waals surface area contributed by atoms with E-state index in [9.17, 15) is 14.0 Å². The van der Waals surface area contributed by atoms with Crippen LogP contribution in [-0.4, -0.2) is 43.0 Å². The minimum Gasteiger partial charge on any atom is -0.497 e. The highest BCUT2D eigenvalue weighted by Gasteiger charge is 2.29. The van der Waals surface area contributed by atoms with Gasteiger partial charge in [-0.1, -0.05) is 44.5 Å². The molecule has 6 nitrogen and oxygen atoms in total. The molecule has 2 amide bonds. The van der Waals surface area contributed by atoms with Crippen molar-refractivity contribution < 1.29 is 23.5 Å². The summed E-state index contributed by atoms with van der Waals surface area (Å²) in [6, 6.07) is 12.6. The molecule has 0 aliphatic carbocycles. The molecule has 168 valence electrons. The number of nitrogens with zero attached hydrogens (tertiary/aromatic N) is 1. The minimum absolute atomic E-state index is 0.000642. The molecule has 2 aromatic rings. The zero-order valence-corrected chi connectivity index (χ0v) is 18.4. The Morgan fingerprint density at radius 2 is 1.81 bits per heavy atom. The van der Waals surface area contributed by atoms with Gasteiger partial charge in [-0.2, -0.15) is 0 Å².